The van der Waals surface area contributed by atoms with Crippen molar-refractivity contribution in [2.24, 2.45) is 5.92 Å². The average Bonchev–Trinajstić information content (AvgIpc) is 2.22. The molecule has 1 atom stereocenters. The first kappa shape index (κ1) is 17.9. The maximum atomic E-state index is 11.9. The predicted octanol–water partition coefficient (Wildman–Crippen LogP) is 0.815. The molecule has 0 aliphatic rings. The van der Waals surface area contributed by atoms with E-state index < -0.39 is 38.6 Å². The van der Waals surface area contributed by atoms with Crippen LogP contribution in [0.1, 0.15) is 40.5 Å². The molecule has 0 aromatic heterocycles. The van der Waals surface area contributed by atoms with Crippen molar-refractivity contribution >= 4 is 21.7 Å². The van der Waals surface area contributed by atoms with Gasteiger partial charge >= 0.3 is 5.97 Å². The van der Waals surface area contributed by atoms with E-state index >= 15 is 0 Å². The Bertz CT molecular complexity index is 412. The van der Waals surface area contributed by atoms with Crippen molar-refractivity contribution in [3.63, 3.8) is 0 Å². The van der Waals surface area contributed by atoms with Gasteiger partial charge in [0.25, 0.3) is 0 Å². The molecule has 0 aromatic carbocycles. The van der Waals surface area contributed by atoms with E-state index in [9.17, 15) is 18.0 Å². The van der Waals surface area contributed by atoms with E-state index in [1.54, 1.807) is 0 Å². The third kappa shape index (κ3) is 5.59. The lowest BCUT2D eigenvalue weighted by atomic mass is 10.1. The molecule has 0 aliphatic carbocycles. The van der Waals surface area contributed by atoms with Crippen LogP contribution in [0.15, 0.2) is 0 Å². The van der Waals surface area contributed by atoms with E-state index in [2.05, 4.69) is 5.32 Å². The fourth-order valence-electron chi connectivity index (χ4n) is 1.89. The number of carbonyl (C=O) groups is 2. The molecule has 0 radical (unpaired) electrons. The summed E-state index contributed by atoms with van der Waals surface area (Å²) in [5.74, 6) is -3.41. The molecule has 0 rings (SSSR count). The highest BCUT2D eigenvalue weighted by Gasteiger charge is 2.36. The van der Waals surface area contributed by atoms with Gasteiger partial charge in [-0.3, -0.25) is 9.59 Å². The topological polar surface area (TPSA) is 101 Å². The molecule has 7 heteroatoms. The monoisotopic (exact) mass is 293 g/mol. The van der Waals surface area contributed by atoms with Crippen LogP contribution in [0.2, 0.25) is 0 Å². The smallest absolute Gasteiger partial charge is 0.322 e. The van der Waals surface area contributed by atoms with Gasteiger partial charge in [0.2, 0.25) is 5.91 Å². The quantitative estimate of drug-likeness (QED) is 0.690. The Labute approximate surface area is 114 Å². The number of carbonyl (C=O) groups excluding carboxylic acids is 1. The Morgan fingerprint density at radius 2 is 1.63 bits per heavy atom. The summed E-state index contributed by atoms with van der Waals surface area (Å²) in [6.45, 7) is 6.79. The minimum absolute atomic E-state index is 0.0787. The molecule has 0 bridgehead atoms. The van der Waals surface area contributed by atoms with E-state index in [1.165, 1.54) is 13.8 Å². The molecule has 0 saturated carbocycles. The Hall–Kier alpha value is -1.11. The fraction of sp³-hybridized carbons (Fsp3) is 0.833. The number of hydrogen-bond acceptors (Lipinski definition) is 4. The highest BCUT2D eigenvalue weighted by molar-refractivity contribution is 7.93. The molecule has 0 saturated heterocycles. The average molecular weight is 293 g/mol. The molecule has 1 amide bonds. The summed E-state index contributed by atoms with van der Waals surface area (Å²) in [4.78, 5) is 22.6. The van der Waals surface area contributed by atoms with Crippen molar-refractivity contribution in [2.45, 2.75) is 51.8 Å². The maximum absolute atomic E-state index is 11.9. The van der Waals surface area contributed by atoms with Crippen LogP contribution < -0.4 is 5.32 Å². The van der Waals surface area contributed by atoms with Crippen LogP contribution in [0.3, 0.4) is 0 Å². The summed E-state index contributed by atoms with van der Waals surface area (Å²) in [6.07, 6.45) is 1.41. The lowest BCUT2D eigenvalue weighted by molar-refractivity contribution is -0.137. The van der Waals surface area contributed by atoms with Gasteiger partial charge in [-0.05, 0) is 18.8 Å². The van der Waals surface area contributed by atoms with Crippen molar-refractivity contribution in [1.82, 2.24) is 5.32 Å². The van der Waals surface area contributed by atoms with Crippen molar-refractivity contribution < 1.29 is 23.1 Å². The summed E-state index contributed by atoms with van der Waals surface area (Å²) in [7, 11) is -3.99. The molecule has 0 spiro atoms. The third-order valence-electron chi connectivity index (χ3n) is 2.92. The summed E-state index contributed by atoms with van der Waals surface area (Å²) >= 11 is 0. The molecule has 6 nitrogen and oxygen atoms in total. The van der Waals surface area contributed by atoms with Gasteiger partial charge in [-0.15, -0.1) is 0 Å². The third-order valence-corrected chi connectivity index (χ3v) is 5.10. The van der Waals surface area contributed by atoms with Gasteiger partial charge in [0.1, 0.15) is 5.75 Å². The van der Waals surface area contributed by atoms with Gasteiger partial charge < -0.3 is 10.4 Å². The standard InChI is InChI=1S/C12H23NO5S/c1-5-9(6-2)13-10(14)7-19(17,18)11(8(3)4)12(15)16/h8-9,11H,5-7H2,1-4H3,(H,13,14)(H,15,16). The second-order valence-corrected chi connectivity index (χ2v) is 7.01. The molecule has 2 N–H and O–H groups in total. The number of amides is 1. The first-order valence-corrected chi connectivity index (χ1v) is 8.10. The zero-order chi connectivity index (χ0) is 15.2. The van der Waals surface area contributed by atoms with Crippen molar-refractivity contribution in [2.75, 3.05) is 5.75 Å². The fourth-order valence-corrected chi connectivity index (χ4v) is 3.65. The van der Waals surface area contributed by atoms with E-state index in [0.717, 1.165) is 0 Å². The zero-order valence-electron chi connectivity index (χ0n) is 11.8. The normalized spacial score (nSPS) is 13.6. The van der Waals surface area contributed by atoms with Gasteiger partial charge in [-0.25, -0.2) is 8.42 Å². The minimum Gasteiger partial charge on any atom is -0.480 e. The van der Waals surface area contributed by atoms with Crippen molar-refractivity contribution in [3.05, 3.63) is 0 Å². The largest absolute Gasteiger partial charge is 0.480 e. The molecular weight excluding hydrogens is 270 g/mol. The summed E-state index contributed by atoms with van der Waals surface area (Å²) in [6, 6.07) is -0.0787. The lowest BCUT2D eigenvalue weighted by Gasteiger charge is -2.18. The zero-order valence-corrected chi connectivity index (χ0v) is 12.7. The van der Waals surface area contributed by atoms with Gasteiger partial charge in [-0.1, -0.05) is 27.7 Å². The number of carboxylic acids is 1. The Morgan fingerprint density at radius 3 is 1.95 bits per heavy atom. The first-order valence-electron chi connectivity index (χ1n) is 6.39. The highest BCUT2D eigenvalue weighted by atomic mass is 32.2. The lowest BCUT2D eigenvalue weighted by Crippen LogP contribution is -2.43. The van der Waals surface area contributed by atoms with Crippen LogP contribution in [-0.4, -0.2) is 42.4 Å². The van der Waals surface area contributed by atoms with E-state index in [0.29, 0.717) is 12.8 Å². The van der Waals surface area contributed by atoms with Crippen LogP contribution in [0, 0.1) is 5.92 Å². The maximum Gasteiger partial charge on any atom is 0.322 e. The van der Waals surface area contributed by atoms with Gasteiger partial charge in [0, 0.05) is 6.04 Å². The van der Waals surface area contributed by atoms with E-state index in [1.807, 2.05) is 13.8 Å². The molecule has 0 fully saturated rings. The van der Waals surface area contributed by atoms with Crippen LogP contribution in [-0.2, 0) is 19.4 Å². The Morgan fingerprint density at radius 1 is 1.16 bits per heavy atom. The molecular formula is C12H23NO5S. The molecule has 0 heterocycles. The van der Waals surface area contributed by atoms with Crippen LogP contribution in [0.5, 0.6) is 0 Å². The predicted molar refractivity (Wildman–Crippen MR) is 72.6 cm³/mol. The van der Waals surface area contributed by atoms with Crippen molar-refractivity contribution in [3.8, 4) is 0 Å². The number of aliphatic carboxylic acids is 1. The van der Waals surface area contributed by atoms with Gasteiger partial charge in [0.15, 0.2) is 15.1 Å². The number of hydrogen-bond donors (Lipinski definition) is 2. The molecule has 112 valence electrons. The second kappa shape index (κ2) is 7.47. The Balaban J connectivity index is 4.85. The van der Waals surface area contributed by atoms with Crippen LogP contribution in [0.25, 0.3) is 0 Å². The van der Waals surface area contributed by atoms with Crippen molar-refractivity contribution in [1.29, 1.82) is 0 Å². The first-order chi connectivity index (χ1) is 8.65. The second-order valence-electron chi connectivity index (χ2n) is 4.89. The minimum atomic E-state index is -3.99. The van der Waals surface area contributed by atoms with Crippen LogP contribution in [0.4, 0.5) is 0 Å². The number of carboxylic acid groups (broad SMARTS) is 1. The number of rotatable bonds is 8. The molecule has 1 unspecified atom stereocenters. The molecule has 19 heavy (non-hydrogen) atoms. The van der Waals surface area contributed by atoms with E-state index in [-0.39, 0.29) is 6.04 Å². The highest BCUT2D eigenvalue weighted by Crippen LogP contribution is 2.14. The molecule has 0 aromatic rings. The summed E-state index contributed by atoms with van der Waals surface area (Å²) in [5, 5.41) is 10.0. The van der Waals surface area contributed by atoms with Gasteiger partial charge in [0.05, 0.1) is 0 Å². The SMILES string of the molecule is CCC(CC)NC(=O)CS(=O)(=O)C(C(=O)O)C(C)C. The summed E-state index contributed by atoms with van der Waals surface area (Å²) < 4.78 is 23.9. The number of nitrogens with one attached hydrogen (secondary N) is 1. The molecule has 0 aliphatic heterocycles. The summed E-state index contributed by atoms with van der Waals surface area (Å²) in [5.41, 5.74) is 0. The van der Waals surface area contributed by atoms with Crippen LogP contribution >= 0.6 is 0 Å². The Kier molecular flexibility index (Phi) is 7.04. The van der Waals surface area contributed by atoms with E-state index in [4.69, 9.17) is 5.11 Å². The number of sulfone groups is 1. The van der Waals surface area contributed by atoms with Gasteiger partial charge in [-0.2, -0.15) is 0 Å².